The third-order valence-corrected chi connectivity index (χ3v) is 3.51. The van der Waals surface area contributed by atoms with Crippen molar-refractivity contribution >= 4 is 11.5 Å². The number of aromatic nitrogens is 2. The summed E-state index contributed by atoms with van der Waals surface area (Å²) in [6, 6.07) is 0.356. The molecular weight excluding hydrogens is 230 g/mol. The summed E-state index contributed by atoms with van der Waals surface area (Å²) in [6.07, 6.45) is 3.49. The Labute approximate surface area is 107 Å². The lowest BCUT2D eigenvalue weighted by Crippen LogP contribution is -2.41. The first-order valence-corrected chi connectivity index (χ1v) is 6.41. The molecule has 0 spiro atoms. The Morgan fingerprint density at radius 2 is 2.33 bits per heavy atom. The third-order valence-electron chi connectivity index (χ3n) is 3.51. The van der Waals surface area contributed by atoms with Gasteiger partial charge in [0.2, 0.25) is 0 Å². The molecule has 0 amide bonds. The summed E-state index contributed by atoms with van der Waals surface area (Å²) in [4.78, 5) is 22.8. The van der Waals surface area contributed by atoms with Gasteiger partial charge < -0.3 is 20.5 Å². The van der Waals surface area contributed by atoms with Gasteiger partial charge in [0, 0.05) is 19.1 Å². The molecule has 100 valence electrons. The SMILES string of the molecule is CCC1CN(C)CCCN1c1nc[nH]c(=O)c1N. The Morgan fingerprint density at radius 1 is 1.56 bits per heavy atom. The highest BCUT2D eigenvalue weighted by molar-refractivity contribution is 5.61. The zero-order chi connectivity index (χ0) is 13.1. The van der Waals surface area contributed by atoms with Gasteiger partial charge in [0.25, 0.3) is 5.56 Å². The molecule has 1 aromatic heterocycles. The molecule has 0 aromatic carbocycles. The topological polar surface area (TPSA) is 78.2 Å². The van der Waals surface area contributed by atoms with E-state index >= 15 is 0 Å². The zero-order valence-corrected chi connectivity index (χ0v) is 11.0. The van der Waals surface area contributed by atoms with Gasteiger partial charge in [-0.05, 0) is 26.4 Å². The van der Waals surface area contributed by atoms with Gasteiger partial charge in [-0.3, -0.25) is 4.79 Å². The van der Waals surface area contributed by atoms with Gasteiger partial charge in [0.15, 0.2) is 5.82 Å². The smallest absolute Gasteiger partial charge is 0.276 e. The largest absolute Gasteiger partial charge is 0.391 e. The fraction of sp³-hybridized carbons (Fsp3) is 0.667. The van der Waals surface area contributed by atoms with Crippen LogP contribution in [0, 0.1) is 0 Å². The molecule has 0 saturated carbocycles. The molecule has 1 saturated heterocycles. The molecule has 2 rings (SSSR count). The molecule has 1 aliphatic rings. The fourth-order valence-electron chi connectivity index (χ4n) is 2.50. The first-order chi connectivity index (χ1) is 8.63. The van der Waals surface area contributed by atoms with Crippen molar-refractivity contribution in [1.29, 1.82) is 0 Å². The molecular formula is C12H21N5O. The average Bonchev–Trinajstić information content (AvgIpc) is 2.54. The van der Waals surface area contributed by atoms with E-state index in [9.17, 15) is 4.79 Å². The number of H-pyrrole nitrogens is 1. The predicted octanol–water partition coefficient (Wildman–Crippen LogP) is 0.273. The number of nitrogens with two attached hydrogens (primary N) is 1. The molecule has 1 atom stereocenters. The predicted molar refractivity (Wildman–Crippen MR) is 72.8 cm³/mol. The highest BCUT2D eigenvalue weighted by Crippen LogP contribution is 2.22. The van der Waals surface area contributed by atoms with Crippen LogP contribution in [0.25, 0.3) is 0 Å². The first-order valence-electron chi connectivity index (χ1n) is 6.41. The maximum Gasteiger partial charge on any atom is 0.276 e. The minimum atomic E-state index is -0.257. The molecule has 0 aliphatic carbocycles. The van der Waals surface area contributed by atoms with E-state index in [1.165, 1.54) is 6.33 Å². The van der Waals surface area contributed by atoms with E-state index < -0.39 is 0 Å². The van der Waals surface area contributed by atoms with Crippen LogP contribution in [0.4, 0.5) is 11.5 Å². The number of nitrogen functional groups attached to an aromatic ring is 1. The quantitative estimate of drug-likeness (QED) is 0.789. The molecule has 0 radical (unpaired) electrons. The summed E-state index contributed by atoms with van der Waals surface area (Å²) in [5.74, 6) is 0.626. The molecule has 3 N–H and O–H groups in total. The van der Waals surface area contributed by atoms with Crippen LogP contribution in [-0.4, -0.2) is 47.6 Å². The van der Waals surface area contributed by atoms with Gasteiger partial charge in [0.1, 0.15) is 5.69 Å². The Bertz CT molecular complexity index is 458. The third kappa shape index (κ3) is 2.48. The van der Waals surface area contributed by atoms with Gasteiger partial charge in [-0.1, -0.05) is 6.92 Å². The highest BCUT2D eigenvalue weighted by Gasteiger charge is 2.25. The van der Waals surface area contributed by atoms with Gasteiger partial charge in [-0.2, -0.15) is 0 Å². The summed E-state index contributed by atoms with van der Waals surface area (Å²) < 4.78 is 0. The van der Waals surface area contributed by atoms with E-state index in [0.717, 1.165) is 32.5 Å². The van der Waals surface area contributed by atoms with Crippen LogP contribution in [0.15, 0.2) is 11.1 Å². The van der Waals surface area contributed by atoms with E-state index in [1.807, 2.05) is 0 Å². The maximum atomic E-state index is 11.6. The number of rotatable bonds is 2. The van der Waals surface area contributed by atoms with Crippen LogP contribution in [0.2, 0.25) is 0 Å². The summed E-state index contributed by atoms with van der Waals surface area (Å²) in [5.41, 5.74) is 5.82. The second kappa shape index (κ2) is 5.39. The van der Waals surface area contributed by atoms with Crippen LogP contribution in [-0.2, 0) is 0 Å². The number of likely N-dealkylation sites (N-methyl/N-ethyl adjacent to an activating group) is 1. The Balaban J connectivity index is 2.34. The minimum absolute atomic E-state index is 0.223. The van der Waals surface area contributed by atoms with Gasteiger partial charge >= 0.3 is 0 Å². The number of nitrogens with one attached hydrogen (secondary N) is 1. The lowest BCUT2D eigenvalue weighted by atomic mass is 10.2. The molecule has 1 unspecified atom stereocenters. The molecule has 1 aliphatic heterocycles. The summed E-state index contributed by atoms with van der Waals surface area (Å²) in [6.45, 7) is 5.09. The van der Waals surface area contributed by atoms with Gasteiger partial charge in [-0.25, -0.2) is 4.98 Å². The van der Waals surface area contributed by atoms with Crippen LogP contribution in [0.3, 0.4) is 0 Å². The molecule has 6 nitrogen and oxygen atoms in total. The van der Waals surface area contributed by atoms with E-state index in [1.54, 1.807) is 0 Å². The van der Waals surface area contributed by atoms with Crippen molar-refractivity contribution in [1.82, 2.24) is 14.9 Å². The number of anilines is 2. The number of hydrogen-bond donors (Lipinski definition) is 2. The van der Waals surface area contributed by atoms with Crippen molar-refractivity contribution in [2.75, 3.05) is 37.3 Å². The van der Waals surface area contributed by atoms with Crippen LogP contribution in [0.5, 0.6) is 0 Å². The molecule has 1 aromatic rings. The summed E-state index contributed by atoms with van der Waals surface area (Å²) >= 11 is 0. The van der Waals surface area contributed by atoms with Crippen molar-refractivity contribution in [2.45, 2.75) is 25.8 Å². The average molecular weight is 251 g/mol. The first kappa shape index (κ1) is 12.9. The van der Waals surface area contributed by atoms with Crippen molar-refractivity contribution in [3.05, 3.63) is 16.7 Å². The Morgan fingerprint density at radius 3 is 3.06 bits per heavy atom. The van der Waals surface area contributed by atoms with Gasteiger partial charge in [0.05, 0.1) is 6.33 Å². The second-order valence-electron chi connectivity index (χ2n) is 4.84. The van der Waals surface area contributed by atoms with Crippen molar-refractivity contribution in [3.8, 4) is 0 Å². The Hall–Kier alpha value is -1.56. The van der Waals surface area contributed by atoms with Gasteiger partial charge in [-0.15, -0.1) is 0 Å². The van der Waals surface area contributed by atoms with Crippen LogP contribution < -0.4 is 16.2 Å². The molecule has 6 heteroatoms. The number of aromatic amines is 1. The molecule has 0 bridgehead atoms. The molecule has 1 fully saturated rings. The highest BCUT2D eigenvalue weighted by atomic mass is 16.1. The Kier molecular flexibility index (Phi) is 3.86. The van der Waals surface area contributed by atoms with Crippen molar-refractivity contribution in [3.63, 3.8) is 0 Å². The standard InChI is InChI=1S/C12H21N5O/c1-3-9-7-16(2)5-4-6-17(9)11-10(13)12(18)15-8-14-11/h8-9H,3-7,13H2,1-2H3,(H,14,15,18). The van der Waals surface area contributed by atoms with E-state index in [2.05, 4.69) is 33.7 Å². The van der Waals surface area contributed by atoms with Crippen LogP contribution >= 0.6 is 0 Å². The minimum Gasteiger partial charge on any atom is -0.391 e. The maximum absolute atomic E-state index is 11.6. The lowest BCUT2D eigenvalue weighted by Gasteiger charge is -2.31. The normalized spacial score (nSPS) is 21.9. The fourth-order valence-corrected chi connectivity index (χ4v) is 2.50. The van der Waals surface area contributed by atoms with E-state index in [0.29, 0.717) is 11.9 Å². The number of nitrogens with zero attached hydrogens (tertiary/aromatic N) is 3. The summed E-state index contributed by atoms with van der Waals surface area (Å²) in [5, 5.41) is 0. The zero-order valence-electron chi connectivity index (χ0n) is 11.0. The van der Waals surface area contributed by atoms with Crippen LogP contribution in [0.1, 0.15) is 19.8 Å². The lowest BCUT2D eigenvalue weighted by molar-refractivity contribution is 0.327. The van der Waals surface area contributed by atoms with E-state index in [4.69, 9.17) is 5.73 Å². The monoisotopic (exact) mass is 251 g/mol. The number of hydrogen-bond acceptors (Lipinski definition) is 5. The van der Waals surface area contributed by atoms with Crippen molar-refractivity contribution < 1.29 is 0 Å². The molecule has 18 heavy (non-hydrogen) atoms. The second-order valence-corrected chi connectivity index (χ2v) is 4.84. The van der Waals surface area contributed by atoms with E-state index in [-0.39, 0.29) is 11.2 Å². The van der Waals surface area contributed by atoms with Crippen molar-refractivity contribution in [2.24, 2.45) is 0 Å². The summed E-state index contributed by atoms with van der Waals surface area (Å²) in [7, 11) is 2.13. The molecule has 2 heterocycles.